The van der Waals surface area contributed by atoms with Crippen LogP contribution in [0.4, 0.5) is 5.82 Å². The fraction of sp³-hybridized carbons (Fsp3) is 0.429. The van der Waals surface area contributed by atoms with Gasteiger partial charge in [-0.1, -0.05) is 6.92 Å². The van der Waals surface area contributed by atoms with E-state index in [1.807, 2.05) is 0 Å². The van der Waals surface area contributed by atoms with Gasteiger partial charge >= 0.3 is 0 Å². The molecule has 2 N–H and O–H groups in total. The molecule has 0 radical (unpaired) electrons. The fourth-order valence-corrected chi connectivity index (χ4v) is 0.696. The fourth-order valence-electron chi connectivity index (χ4n) is 0.696. The van der Waals surface area contributed by atoms with Crippen LogP contribution < -0.4 is 10.9 Å². The van der Waals surface area contributed by atoms with Crippen LogP contribution in [0.15, 0.2) is 16.9 Å². The average Bonchev–Trinajstić information content (AvgIpc) is 2.04. The number of aromatic nitrogens is 2. The number of H-pyrrole nitrogens is 1. The van der Waals surface area contributed by atoms with Gasteiger partial charge in [0.05, 0.1) is 0 Å². The smallest absolute Gasteiger partial charge is 0.264 e. The van der Waals surface area contributed by atoms with E-state index in [1.54, 1.807) is 6.07 Å². The third kappa shape index (κ3) is 2.41. The van der Waals surface area contributed by atoms with E-state index < -0.39 is 0 Å². The van der Waals surface area contributed by atoms with Crippen molar-refractivity contribution in [2.24, 2.45) is 0 Å². The van der Waals surface area contributed by atoms with E-state index in [9.17, 15) is 4.79 Å². The van der Waals surface area contributed by atoms with Crippen molar-refractivity contribution in [3.63, 3.8) is 0 Å². The maximum atomic E-state index is 10.5. The first kappa shape index (κ1) is 7.78. The second-order valence-electron chi connectivity index (χ2n) is 2.23. The molecule has 1 aromatic heterocycles. The Morgan fingerprint density at radius 2 is 2.45 bits per heavy atom. The van der Waals surface area contributed by atoms with Gasteiger partial charge in [0, 0.05) is 12.6 Å². The SMILES string of the molecule is CCCNc1ccc(=O)[nH]n1. The van der Waals surface area contributed by atoms with Gasteiger partial charge in [0.25, 0.3) is 5.56 Å². The summed E-state index contributed by atoms with van der Waals surface area (Å²) in [6, 6.07) is 3.11. The molecule has 0 saturated carbocycles. The molecular formula is C7H11N3O. The first-order valence-corrected chi connectivity index (χ1v) is 3.62. The van der Waals surface area contributed by atoms with Crippen molar-refractivity contribution in [2.45, 2.75) is 13.3 Å². The summed E-state index contributed by atoms with van der Waals surface area (Å²) in [5, 5.41) is 9.15. The molecule has 0 fully saturated rings. The minimum absolute atomic E-state index is 0.174. The van der Waals surface area contributed by atoms with E-state index in [2.05, 4.69) is 22.4 Å². The number of hydrogen-bond acceptors (Lipinski definition) is 3. The molecule has 60 valence electrons. The molecule has 0 aliphatic heterocycles. The van der Waals surface area contributed by atoms with E-state index in [-0.39, 0.29) is 5.56 Å². The Morgan fingerprint density at radius 1 is 1.64 bits per heavy atom. The highest BCUT2D eigenvalue weighted by molar-refractivity contribution is 5.30. The molecule has 1 heterocycles. The van der Waals surface area contributed by atoms with Crippen molar-refractivity contribution in [1.29, 1.82) is 0 Å². The van der Waals surface area contributed by atoms with Gasteiger partial charge in [-0.15, -0.1) is 0 Å². The maximum Gasteiger partial charge on any atom is 0.264 e. The standard InChI is InChI=1S/C7H11N3O/c1-2-5-8-6-3-4-7(11)10-9-6/h3-4H,2,5H2,1H3,(H,8,9)(H,10,11). The van der Waals surface area contributed by atoms with Crippen LogP contribution in [0.3, 0.4) is 0 Å². The summed E-state index contributed by atoms with van der Waals surface area (Å²) in [5.41, 5.74) is -0.174. The molecule has 1 aromatic rings. The second kappa shape index (κ2) is 3.75. The van der Waals surface area contributed by atoms with Gasteiger partial charge in [-0.25, -0.2) is 5.10 Å². The molecule has 0 aromatic carbocycles. The van der Waals surface area contributed by atoms with Crippen LogP contribution in [0.1, 0.15) is 13.3 Å². The lowest BCUT2D eigenvalue weighted by molar-refractivity contribution is 0.931. The zero-order chi connectivity index (χ0) is 8.10. The first-order chi connectivity index (χ1) is 5.33. The van der Waals surface area contributed by atoms with Crippen molar-refractivity contribution in [1.82, 2.24) is 10.2 Å². The lowest BCUT2D eigenvalue weighted by Gasteiger charge is -1.99. The normalized spacial score (nSPS) is 9.55. The summed E-state index contributed by atoms with van der Waals surface area (Å²) in [7, 11) is 0. The maximum absolute atomic E-state index is 10.5. The van der Waals surface area contributed by atoms with Crippen molar-refractivity contribution in [3.05, 3.63) is 22.5 Å². The van der Waals surface area contributed by atoms with Crippen molar-refractivity contribution < 1.29 is 0 Å². The molecule has 4 heteroatoms. The lowest BCUT2D eigenvalue weighted by atomic mass is 10.4. The highest BCUT2D eigenvalue weighted by atomic mass is 16.1. The third-order valence-electron chi connectivity index (χ3n) is 1.24. The van der Waals surface area contributed by atoms with Crippen LogP contribution in [0.5, 0.6) is 0 Å². The summed E-state index contributed by atoms with van der Waals surface area (Å²) in [5.74, 6) is 0.714. The predicted octanol–water partition coefficient (Wildman–Crippen LogP) is 0.592. The predicted molar refractivity (Wildman–Crippen MR) is 43.6 cm³/mol. The average molecular weight is 153 g/mol. The Balaban J connectivity index is 2.59. The number of hydrogen-bond donors (Lipinski definition) is 2. The van der Waals surface area contributed by atoms with Crippen LogP contribution in [-0.2, 0) is 0 Å². The van der Waals surface area contributed by atoms with Crippen LogP contribution in [0.2, 0.25) is 0 Å². The highest BCUT2D eigenvalue weighted by Gasteiger charge is 1.89. The summed E-state index contributed by atoms with van der Waals surface area (Å²) in [4.78, 5) is 10.5. The molecule has 0 spiro atoms. The van der Waals surface area contributed by atoms with Gasteiger partial charge in [-0.3, -0.25) is 4.79 Å². The number of aromatic amines is 1. The minimum atomic E-state index is -0.174. The molecule has 0 aliphatic rings. The van der Waals surface area contributed by atoms with Crippen molar-refractivity contribution in [2.75, 3.05) is 11.9 Å². The van der Waals surface area contributed by atoms with Gasteiger partial charge < -0.3 is 5.32 Å². The highest BCUT2D eigenvalue weighted by Crippen LogP contribution is 1.94. The van der Waals surface area contributed by atoms with Crippen LogP contribution in [0, 0.1) is 0 Å². The topological polar surface area (TPSA) is 57.8 Å². The molecule has 11 heavy (non-hydrogen) atoms. The minimum Gasteiger partial charge on any atom is -0.369 e. The van der Waals surface area contributed by atoms with Crippen molar-refractivity contribution in [3.8, 4) is 0 Å². The second-order valence-corrected chi connectivity index (χ2v) is 2.23. The van der Waals surface area contributed by atoms with Gasteiger partial charge in [0.15, 0.2) is 0 Å². The molecule has 0 bridgehead atoms. The number of anilines is 1. The molecule has 1 rings (SSSR count). The van der Waals surface area contributed by atoms with E-state index in [0.29, 0.717) is 5.82 Å². The van der Waals surface area contributed by atoms with Crippen LogP contribution >= 0.6 is 0 Å². The summed E-state index contributed by atoms with van der Waals surface area (Å²) in [6.07, 6.45) is 1.04. The van der Waals surface area contributed by atoms with Crippen LogP contribution in [-0.4, -0.2) is 16.7 Å². The van der Waals surface area contributed by atoms with Gasteiger partial charge in [-0.05, 0) is 12.5 Å². The van der Waals surface area contributed by atoms with Gasteiger partial charge in [-0.2, -0.15) is 5.10 Å². The molecular weight excluding hydrogens is 142 g/mol. The Kier molecular flexibility index (Phi) is 2.66. The molecule has 0 saturated heterocycles. The number of nitrogens with zero attached hydrogens (tertiary/aromatic N) is 1. The zero-order valence-corrected chi connectivity index (χ0v) is 6.42. The van der Waals surface area contributed by atoms with E-state index in [4.69, 9.17) is 0 Å². The first-order valence-electron chi connectivity index (χ1n) is 3.62. The van der Waals surface area contributed by atoms with E-state index >= 15 is 0 Å². The third-order valence-corrected chi connectivity index (χ3v) is 1.24. The van der Waals surface area contributed by atoms with E-state index in [0.717, 1.165) is 13.0 Å². The Labute approximate surface area is 64.6 Å². The summed E-state index contributed by atoms with van der Waals surface area (Å²) >= 11 is 0. The Hall–Kier alpha value is -1.32. The zero-order valence-electron chi connectivity index (χ0n) is 6.42. The molecule has 0 aliphatic carbocycles. The molecule has 0 atom stereocenters. The van der Waals surface area contributed by atoms with Gasteiger partial charge in [0.1, 0.15) is 5.82 Å². The quantitative estimate of drug-likeness (QED) is 0.668. The lowest BCUT2D eigenvalue weighted by Crippen LogP contribution is -2.09. The van der Waals surface area contributed by atoms with Crippen molar-refractivity contribution >= 4 is 5.82 Å². The Bertz CT molecular complexity index is 248. The molecule has 0 amide bonds. The molecule has 0 unspecified atom stereocenters. The summed E-state index contributed by atoms with van der Waals surface area (Å²) < 4.78 is 0. The van der Waals surface area contributed by atoms with E-state index in [1.165, 1.54) is 6.07 Å². The number of nitrogens with one attached hydrogen (secondary N) is 2. The van der Waals surface area contributed by atoms with Crippen LogP contribution in [0.25, 0.3) is 0 Å². The Morgan fingerprint density at radius 3 is 3.00 bits per heavy atom. The summed E-state index contributed by atoms with van der Waals surface area (Å²) in [6.45, 7) is 2.94. The van der Waals surface area contributed by atoms with Gasteiger partial charge in [0.2, 0.25) is 0 Å². The molecule has 4 nitrogen and oxygen atoms in total. The number of rotatable bonds is 3. The largest absolute Gasteiger partial charge is 0.369 e. The monoisotopic (exact) mass is 153 g/mol.